The molecule has 3 rings (SSSR count). The minimum atomic E-state index is -3.40. The highest BCUT2D eigenvalue weighted by Gasteiger charge is 2.28. The van der Waals surface area contributed by atoms with Crippen molar-refractivity contribution in [3.63, 3.8) is 0 Å². The maximum absolute atomic E-state index is 12.5. The molecule has 2 aromatic rings. The maximum Gasteiger partial charge on any atom is 0.227 e. The third-order valence-corrected chi connectivity index (χ3v) is 6.29. The van der Waals surface area contributed by atoms with Crippen molar-refractivity contribution in [2.75, 3.05) is 18.4 Å². The summed E-state index contributed by atoms with van der Waals surface area (Å²) in [6.07, 6.45) is 0. The second-order valence-corrected chi connectivity index (χ2v) is 8.46. The number of anilines is 1. The first-order chi connectivity index (χ1) is 12.0. The van der Waals surface area contributed by atoms with Crippen LogP contribution in [0.2, 0.25) is 0 Å². The van der Waals surface area contributed by atoms with Gasteiger partial charge in [-0.15, -0.1) is 12.4 Å². The van der Waals surface area contributed by atoms with E-state index in [9.17, 15) is 13.2 Å². The molecule has 5 nitrogen and oxygen atoms in total. The molecule has 1 aliphatic rings. The fourth-order valence-electron chi connectivity index (χ4n) is 2.80. The Hall–Kier alpha value is -1.89. The molecule has 1 amide bonds. The average Bonchev–Trinajstić information content (AvgIpc) is 2.54. The average molecular weight is 395 g/mol. The number of benzene rings is 2. The minimum absolute atomic E-state index is 0. The van der Waals surface area contributed by atoms with Gasteiger partial charge in [0.2, 0.25) is 5.91 Å². The lowest BCUT2D eigenvalue weighted by atomic mass is 9.88. The molecule has 7 heteroatoms. The molecule has 2 aromatic carbocycles. The summed E-state index contributed by atoms with van der Waals surface area (Å²) in [5.74, 6) is 0.164. The largest absolute Gasteiger partial charge is 0.326 e. The zero-order chi connectivity index (χ0) is 17.9. The van der Waals surface area contributed by atoms with E-state index in [2.05, 4.69) is 10.6 Å². The van der Waals surface area contributed by atoms with E-state index >= 15 is 0 Å². The Kier molecular flexibility index (Phi) is 6.81. The van der Waals surface area contributed by atoms with Crippen molar-refractivity contribution in [2.24, 2.45) is 11.8 Å². The number of rotatable bonds is 6. The van der Waals surface area contributed by atoms with Crippen molar-refractivity contribution < 1.29 is 13.2 Å². The first-order valence-electron chi connectivity index (χ1n) is 8.34. The van der Waals surface area contributed by atoms with Crippen LogP contribution < -0.4 is 10.6 Å². The van der Waals surface area contributed by atoms with Gasteiger partial charge in [-0.1, -0.05) is 37.3 Å². The molecular formula is C19H23ClN2O3S. The van der Waals surface area contributed by atoms with Crippen LogP contribution in [0.25, 0.3) is 0 Å². The fourth-order valence-corrected chi connectivity index (χ4v) is 4.16. The van der Waals surface area contributed by atoms with Crippen molar-refractivity contribution >= 4 is 33.8 Å². The van der Waals surface area contributed by atoms with Crippen LogP contribution in [-0.4, -0.2) is 27.4 Å². The Bertz CT molecular complexity index is 852. The predicted molar refractivity (Wildman–Crippen MR) is 105 cm³/mol. The van der Waals surface area contributed by atoms with Gasteiger partial charge in [-0.05, 0) is 48.8 Å². The molecule has 0 radical (unpaired) electrons. The summed E-state index contributed by atoms with van der Waals surface area (Å²) in [5.41, 5.74) is 1.28. The van der Waals surface area contributed by atoms with E-state index in [0.717, 1.165) is 13.1 Å². The quantitative estimate of drug-likeness (QED) is 0.789. The fraction of sp³-hybridized carbons (Fsp3) is 0.316. The zero-order valence-corrected chi connectivity index (χ0v) is 16.1. The SMILES string of the molecule is CC(C(=O)Nc1cccc(CS(=O)(=O)c2ccccc2)c1)C1CNC1.Cl. The lowest BCUT2D eigenvalue weighted by Gasteiger charge is -2.31. The molecule has 26 heavy (non-hydrogen) atoms. The number of hydrogen-bond acceptors (Lipinski definition) is 4. The van der Waals surface area contributed by atoms with Crippen molar-refractivity contribution in [1.82, 2.24) is 5.32 Å². The monoisotopic (exact) mass is 394 g/mol. The highest BCUT2D eigenvalue weighted by atomic mass is 35.5. The maximum atomic E-state index is 12.5. The molecule has 0 spiro atoms. The first kappa shape index (κ1) is 20.4. The van der Waals surface area contributed by atoms with Gasteiger partial charge in [-0.2, -0.15) is 0 Å². The van der Waals surface area contributed by atoms with Crippen LogP contribution in [0.1, 0.15) is 12.5 Å². The van der Waals surface area contributed by atoms with Gasteiger partial charge in [-0.25, -0.2) is 8.42 Å². The van der Waals surface area contributed by atoms with Crippen LogP contribution in [0.5, 0.6) is 0 Å². The van der Waals surface area contributed by atoms with Gasteiger partial charge in [0, 0.05) is 11.6 Å². The lowest BCUT2D eigenvalue weighted by molar-refractivity contribution is -0.121. The van der Waals surface area contributed by atoms with E-state index in [0.29, 0.717) is 22.1 Å². The molecule has 0 saturated carbocycles. The lowest BCUT2D eigenvalue weighted by Crippen LogP contribution is -2.48. The molecule has 1 heterocycles. The Morgan fingerprint density at radius 1 is 1.15 bits per heavy atom. The Morgan fingerprint density at radius 2 is 1.85 bits per heavy atom. The van der Waals surface area contributed by atoms with Crippen molar-refractivity contribution in [3.8, 4) is 0 Å². The molecule has 1 fully saturated rings. The molecule has 0 aliphatic carbocycles. The molecule has 1 atom stereocenters. The van der Waals surface area contributed by atoms with Crippen LogP contribution in [0.3, 0.4) is 0 Å². The molecule has 0 bridgehead atoms. The molecule has 2 N–H and O–H groups in total. The van der Waals surface area contributed by atoms with E-state index in [1.165, 1.54) is 0 Å². The van der Waals surface area contributed by atoms with Crippen LogP contribution in [0.4, 0.5) is 5.69 Å². The van der Waals surface area contributed by atoms with Crippen LogP contribution in [-0.2, 0) is 20.4 Å². The van der Waals surface area contributed by atoms with Gasteiger partial charge in [0.1, 0.15) is 0 Å². The normalized spacial score (nSPS) is 15.4. The van der Waals surface area contributed by atoms with Crippen molar-refractivity contribution in [2.45, 2.75) is 17.6 Å². The number of carbonyl (C=O) groups excluding carboxylic acids is 1. The molecular weight excluding hydrogens is 372 g/mol. The Balaban J connectivity index is 0.00000243. The number of nitrogens with one attached hydrogen (secondary N) is 2. The van der Waals surface area contributed by atoms with Gasteiger partial charge in [0.15, 0.2) is 9.84 Å². The van der Waals surface area contributed by atoms with Gasteiger partial charge in [0.05, 0.1) is 10.6 Å². The molecule has 1 unspecified atom stereocenters. The second kappa shape index (κ2) is 8.66. The molecule has 1 aliphatic heterocycles. The summed E-state index contributed by atoms with van der Waals surface area (Å²) in [6, 6.07) is 15.4. The Morgan fingerprint density at radius 3 is 2.46 bits per heavy atom. The van der Waals surface area contributed by atoms with Gasteiger partial charge in [-0.3, -0.25) is 4.79 Å². The summed E-state index contributed by atoms with van der Waals surface area (Å²) in [5, 5.41) is 6.06. The topological polar surface area (TPSA) is 75.3 Å². The predicted octanol–water partition coefficient (Wildman–Crippen LogP) is 2.88. The second-order valence-electron chi connectivity index (χ2n) is 6.47. The summed E-state index contributed by atoms with van der Waals surface area (Å²) < 4.78 is 25.0. The van der Waals surface area contributed by atoms with E-state index < -0.39 is 9.84 Å². The minimum Gasteiger partial charge on any atom is -0.326 e. The van der Waals surface area contributed by atoms with E-state index in [4.69, 9.17) is 0 Å². The van der Waals surface area contributed by atoms with Gasteiger partial charge in [0.25, 0.3) is 0 Å². The van der Waals surface area contributed by atoms with Gasteiger partial charge < -0.3 is 10.6 Å². The van der Waals surface area contributed by atoms with Crippen molar-refractivity contribution in [3.05, 3.63) is 60.2 Å². The number of carbonyl (C=O) groups is 1. The smallest absolute Gasteiger partial charge is 0.227 e. The number of halogens is 1. The third-order valence-electron chi connectivity index (χ3n) is 4.59. The summed E-state index contributed by atoms with van der Waals surface area (Å²) in [4.78, 5) is 12.6. The molecule has 140 valence electrons. The number of amides is 1. The molecule has 0 aromatic heterocycles. The molecule has 1 saturated heterocycles. The third kappa shape index (κ3) is 4.84. The van der Waals surface area contributed by atoms with E-state index in [-0.39, 0.29) is 30.0 Å². The summed E-state index contributed by atoms with van der Waals surface area (Å²) in [7, 11) is -3.40. The standard InChI is InChI=1S/C19H22N2O3S.ClH/c1-14(16-11-20-12-16)19(22)21-17-7-5-6-15(10-17)13-25(23,24)18-8-3-2-4-9-18;/h2-10,14,16,20H,11-13H2,1H3,(H,21,22);1H. The van der Waals surface area contributed by atoms with E-state index in [1.54, 1.807) is 54.6 Å². The van der Waals surface area contributed by atoms with Crippen LogP contribution in [0.15, 0.2) is 59.5 Å². The van der Waals surface area contributed by atoms with Crippen molar-refractivity contribution in [1.29, 1.82) is 0 Å². The van der Waals surface area contributed by atoms with Crippen LogP contribution >= 0.6 is 12.4 Å². The number of hydrogen-bond donors (Lipinski definition) is 2. The summed E-state index contributed by atoms with van der Waals surface area (Å²) in [6.45, 7) is 3.65. The zero-order valence-electron chi connectivity index (χ0n) is 14.5. The van der Waals surface area contributed by atoms with E-state index in [1.807, 2.05) is 6.92 Å². The summed E-state index contributed by atoms with van der Waals surface area (Å²) >= 11 is 0. The van der Waals surface area contributed by atoms with Gasteiger partial charge >= 0.3 is 0 Å². The first-order valence-corrected chi connectivity index (χ1v) is 9.99. The highest BCUT2D eigenvalue weighted by Crippen LogP contribution is 2.21. The number of sulfone groups is 1. The Labute approximate surface area is 160 Å². The highest BCUT2D eigenvalue weighted by molar-refractivity contribution is 7.90. The van der Waals surface area contributed by atoms with Crippen LogP contribution in [0, 0.1) is 11.8 Å².